The molecule has 0 heterocycles. The van der Waals surface area contributed by atoms with Crippen LogP contribution in [0.4, 0.5) is 0 Å². The van der Waals surface area contributed by atoms with Gasteiger partial charge < -0.3 is 5.32 Å². The molecule has 0 radical (unpaired) electrons. The molecule has 1 aromatic carbocycles. The van der Waals surface area contributed by atoms with Crippen molar-refractivity contribution in [1.82, 2.24) is 5.32 Å². The topological polar surface area (TPSA) is 12.0 Å². The Morgan fingerprint density at radius 3 is 2.37 bits per heavy atom. The van der Waals surface area contributed by atoms with E-state index >= 15 is 0 Å². The van der Waals surface area contributed by atoms with Gasteiger partial charge in [-0.2, -0.15) is 11.8 Å². The molecule has 0 bridgehead atoms. The lowest BCUT2D eigenvalue weighted by atomic mass is 10.0. The van der Waals surface area contributed by atoms with Gasteiger partial charge in [-0.05, 0) is 55.9 Å². The Kier molecular flexibility index (Phi) is 9.02. The Hall–Kier alpha value is -0.470. The van der Waals surface area contributed by atoms with Crippen LogP contribution >= 0.6 is 11.8 Å². The molecule has 0 aromatic heterocycles. The predicted octanol–water partition coefficient (Wildman–Crippen LogP) is 4.82. The second-order valence-electron chi connectivity index (χ2n) is 5.18. The second-order valence-corrected chi connectivity index (χ2v) is 6.16. The van der Waals surface area contributed by atoms with Crippen molar-refractivity contribution in [2.75, 3.05) is 18.6 Å². The summed E-state index contributed by atoms with van der Waals surface area (Å²) in [6.07, 6.45) is 8.71. The molecule has 0 saturated carbocycles. The Morgan fingerprint density at radius 1 is 1.05 bits per heavy atom. The first-order chi connectivity index (χ1) is 9.27. The van der Waals surface area contributed by atoms with Gasteiger partial charge in [-0.15, -0.1) is 0 Å². The third kappa shape index (κ3) is 7.03. The molecule has 0 aliphatic rings. The number of unbranched alkanes of at least 4 members (excludes halogenated alkanes) is 3. The summed E-state index contributed by atoms with van der Waals surface area (Å²) in [4.78, 5) is 0. The number of hydrogen-bond acceptors (Lipinski definition) is 2. The molecular formula is C17H29NS. The van der Waals surface area contributed by atoms with Crippen LogP contribution in [0.1, 0.15) is 56.7 Å². The molecule has 1 atom stereocenters. The molecule has 1 rings (SSSR count). The Balaban J connectivity index is 2.14. The lowest BCUT2D eigenvalue weighted by molar-refractivity contribution is 0.537. The minimum Gasteiger partial charge on any atom is -0.310 e. The summed E-state index contributed by atoms with van der Waals surface area (Å²) in [5.41, 5.74) is 2.82. The molecule has 1 aromatic rings. The average Bonchev–Trinajstić information content (AvgIpc) is 2.46. The summed E-state index contributed by atoms with van der Waals surface area (Å²) in [6.45, 7) is 5.60. The highest BCUT2D eigenvalue weighted by molar-refractivity contribution is 7.98. The molecule has 1 N–H and O–H groups in total. The molecular weight excluding hydrogens is 250 g/mol. The van der Waals surface area contributed by atoms with Crippen molar-refractivity contribution in [3.8, 4) is 0 Å². The molecule has 0 spiro atoms. The second kappa shape index (κ2) is 10.3. The number of hydrogen-bond donors (Lipinski definition) is 1. The third-order valence-electron chi connectivity index (χ3n) is 3.61. The molecule has 0 aliphatic heterocycles. The van der Waals surface area contributed by atoms with Gasteiger partial charge in [-0.25, -0.2) is 0 Å². The van der Waals surface area contributed by atoms with Crippen molar-refractivity contribution in [2.24, 2.45) is 0 Å². The molecule has 0 aliphatic carbocycles. The zero-order valence-electron chi connectivity index (χ0n) is 12.7. The molecule has 108 valence electrons. The Morgan fingerprint density at radius 2 is 1.74 bits per heavy atom. The van der Waals surface area contributed by atoms with Gasteiger partial charge in [0.2, 0.25) is 0 Å². The first-order valence-electron chi connectivity index (χ1n) is 7.59. The molecule has 19 heavy (non-hydrogen) atoms. The minimum atomic E-state index is 0.470. The van der Waals surface area contributed by atoms with E-state index in [0.717, 1.165) is 13.0 Å². The van der Waals surface area contributed by atoms with E-state index < -0.39 is 0 Å². The number of aryl methyl sites for hydroxylation is 1. The third-order valence-corrected chi connectivity index (χ3v) is 4.31. The van der Waals surface area contributed by atoms with Crippen LogP contribution in [0, 0.1) is 0 Å². The summed E-state index contributed by atoms with van der Waals surface area (Å²) in [5.74, 6) is 1.31. The highest BCUT2D eigenvalue weighted by Gasteiger charge is 2.03. The van der Waals surface area contributed by atoms with E-state index in [9.17, 15) is 0 Å². The van der Waals surface area contributed by atoms with Crippen molar-refractivity contribution in [2.45, 2.75) is 52.0 Å². The van der Waals surface area contributed by atoms with Gasteiger partial charge in [0, 0.05) is 6.04 Å². The quantitative estimate of drug-likeness (QED) is 0.616. The van der Waals surface area contributed by atoms with E-state index in [0.29, 0.717) is 6.04 Å². The molecule has 2 heteroatoms. The van der Waals surface area contributed by atoms with Crippen LogP contribution in [0.5, 0.6) is 0 Å². The number of benzene rings is 1. The van der Waals surface area contributed by atoms with Gasteiger partial charge in [0.1, 0.15) is 0 Å². The van der Waals surface area contributed by atoms with E-state index in [1.807, 2.05) is 11.8 Å². The fourth-order valence-corrected chi connectivity index (χ4v) is 2.70. The fourth-order valence-electron chi connectivity index (χ4n) is 2.20. The largest absolute Gasteiger partial charge is 0.310 e. The van der Waals surface area contributed by atoms with Crippen LogP contribution < -0.4 is 5.32 Å². The monoisotopic (exact) mass is 279 g/mol. The van der Waals surface area contributed by atoms with Crippen LogP contribution in [-0.2, 0) is 6.42 Å². The highest BCUT2D eigenvalue weighted by atomic mass is 32.2. The molecule has 0 amide bonds. The number of rotatable bonds is 10. The van der Waals surface area contributed by atoms with Crippen molar-refractivity contribution in [3.05, 3.63) is 35.4 Å². The summed E-state index contributed by atoms with van der Waals surface area (Å²) in [6, 6.07) is 9.48. The summed E-state index contributed by atoms with van der Waals surface area (Å²) < 4.78 is 0. The van der Waals surface area contributed by atoms with Crippen molar-refractivity contribution < 1.29 is 0 Å². The maximum absolute atomic E-state index is 3.62. The first-order valence-corrected chi connectivity index (χ1v) is 8.98. The van der Waals surface area contributed by atoms with E-state index in [-0.39, 0.29) is 0 Å². The van der Waals surface area contributed by atoms with Gasteiger partial charge in [0.05, 0.1) is 0 Å². The van der Waals surface area contributed by atoms with E-state index in [1.54, 1.807) is 0 Å². The van der Waals surface area contributed by atoms with Gasteiger partial charge >= 0.3 is 0 Å². The zero-order valence-corrected chi connectivity index (χ0v) is 13.6. The highest BCUT2D eigenvalue weighted by Crippen LogP contribution is 2.14. The smallest absolute Gasteiger partial charge is 0.0291 e. The van der Waals surface area contributed by atoms with Crippen LogP contribution in [0.3, 0.4) is 0 Å². The standard InChI is InChI=1S/C17H29NS/c1-4-16-9-11-17(12-10-16)15(2)18-13-7-5-6-8-14-19-3/h9-12,15,18H,4-8,13-14H2,1-3H3. The number of thioether (sulfide) groups is 1. The van der Waals surface area contributed by atoms with Crippen LogP contribution in [-0.4, -0.2) is 18.6 Å². The minimum absolute atomic E-state index is 0.470. The Labute approximate surface area is 123 Å². The maximum Gasteiger partial charge on any atom is 0.0291 e. The van der Waals surface area contributed by atoms with Crippen molar-refractivity contribution in [3.63, 3.8) is 0 Å². The summed E-state index contributed by atoms with van der Waals surface area (Å²) in [7, 11) is 0. The van der Waals surface area contributed by atoms with Crippen molar-refractivity contribution in [1.29, 1.82) is 0 Å². The first kappa shape index (κ1) is 16.6. The summed E-state index contributed by atoms with van der Waals surface area (Å²) in [5, 5.41) is 3.62. The summed E-state index contributed by atoms with van der Waals surface area (Å²) >= 11 is 1.95. The maximum atomic E-state index is 3.62. The van der Waals surface area contributed by atoms with E-state index in [4.69, 9.17) is 0 Å². The van der Waals surface area contributed by atoms with E-state index in [2.05, 4.69) is 49.7 Å². The van der Waals surface area contributed by atoms with Crippen LogP contribution in [0.25, 0.3) is 0 Å². The predicted molar refractivity (Wildman–Crippen MR) is 89.1 cm³/mol. The SMILES string of the molecule is CCc1ccc(C(C)NCCCCCCSC)cc1. The lowest BCUT2D eigenvalue weighted by Gasteiger charge is -2.14. The lowest BCUT2D eigenvalue weighted by Crippen LogP contribution is -2.19. The van der Waals surface area contributed by atoms with Gasteiger partial charge in [0.25, 0.3) is 0 Å². The fraction of sp³-hybridized carbons (Fsp3) is 0.647. The van der Waals surface area contributed by atoms with E-state index in [1.165, 1.54) is 42.6 Å². The van der Waals surface area contributed by atoms with Crippen molar-refractivity contribution >= 4 is 11.8 Å². The van der Waals surface area contributed by atoms with Gasteiger partial charge in [-0.1, -0.05) is 44.0 Å². The molecule has 0 saturated heterocycles. The van der Waals surface area contributed by atoms with Crippen LogP contribution in [0.2, 0.25) is 0 Å². The van der Waals surface area contributed by atoms with Gasteiger partial charge in [0.15, 0.2) is 0 Å². The molecule has 1 nitrogen and oxygen atoms in total. The van der Waals surface area contributed by atoms with Crippen LogP contribution in [0.15, 0.2) is 24.3 Å². The van der Waals surface area contributed by atoms with Gasteiger partial charge in [-0.3, -0.25) is 0 Å². The molecule has 1 unspecified atom stereocenters. The average molecular weight is 279 g/mol. The molecule has 0 fully saturated rings. The zero-order chi connectivity index (χ0) is 13.9. The number of nitrogens with one attached hydrogen (secondary N) is 1. The normalized spacial score (nSPS) is 12.6. The Bertz CT molecular complexity index is 321.